The van der Waals surface area contributed by atoms with E-state index < -0.39 is 0 Å². The van der Waals surface area contributed by atoms with E-state index in [1.165, 1.54) is 0 Å². The van der Waals surface area contributed by atoms with Crippen molar-refractivity contribution in [3.8, 4) is 5.75 Å². The molecule has 2 unspecified atom stereocenters. The van der Waals surface area contributed by atoms with E-state index in [0.717, 1.165) is 40.5 Å². The van der Waals surface area contributed by atoms with Crippen molar-refractivity contribution in [2.45, 2.75) is 32.9 Å². The molecule has 4 rings (SSSR count). The number of anilines is 2. The molecule has 1 aliphatic heterocycles. The van der Waals surface area contributed by atoms with Gasteiger partial charge in [-0.05, 0) is 43.8 Å². The summed E-state index contributed by atoms with van der Waals surface area (Å²) in [6.45, 7) is 9.04. The van der Waals surface area contributed by atoms with Crippen LogP contribution in [0.4, 0.5) is 11.6 Å². The normalized spacial score (nSPS) is 19.3. The Bertz CT molecular complexity index is 1080. The Kier molecular flexibility index (Phi) is 6.88. The van der Waals surface area contributed by atoms with Crippen LogP contribution in [0.1, 0.15) is 19.4 Å². The minimum Gasteiger partial charge on any atom is -0.492 e. The minimum atomic E-state index is -0.0341. The molecule has 3 heterocycles. The number of nitrogens with zero attached hydrogens (tertiary/aromatic N) is 4. The van der Waals surface area contributed by atoms with Crippen LogP contribution >= 0.6 is 11.3 Å². The first-order chi connectivity index (χ1) is 15.4. The largest absolute Gasteiger partial charge is 0.492 e. The van der Waals surface area contributed by atoms with Gasteiger partial charge in [0.1, 0.15) is 17.2 Å². The van der Waals surface area contributed by atoms with Gasteiger partial charge in [-0.1, -0.05) is 6.07 Å². The Hall–Kier alpha value is -2.75. The van der Waals surface area contributed by atoms with Crippen LogP contribution in [-0.4, -0.2) is 65.6 Å². The molecular weight excluding hydrogens is 424 g/mol. The highest BCUT2D eigenvalue weighted by atomic mass is 32.1. The van der Waals surface area contributed by atoms with Crippen LogP contribution in [0.2, 0.25) is 0 Å². The van der Waals surface area contributed by atoms with E-state index in [-0.39, 0.29) is 18.0 Å². The SMILES string of the molecule is Cc1ccc(OCCN)cc1NC(=O)CN1CC(C)N(c2ncc3ccsc3n2)C(C)C1. The standard InChI is InChI=1S/C23H30N6O2S/c1-15-4-5-19(31-8-7-24)10-20(15)26-21(30)14-28-12-16(2)29(17(3)13-28)23-25-11-18-6-9-32-22(18)27-23/h4-6,9-11,16-17H,7-8,12-14,24H2,1-3H3,(H,26,30). The number of rotatable bonds is 7. The maximum atomic E-state index is 12.8. The lowest BCUT2D eigenvalue weighted by Crippen LogP contribution is -2.58. The highest BCUT2D eigenvalue weighted by Gasteiger charge is 2.32. The van der Waals surface area contributed by atoms with Gasteiger partial charge in [0.05, 0.1) is 6.54 Å². The predicted molar refractivity (Wildman–Crippen MR) is 130 cm³/mol. The molecule has 3 N–H and O–H groups in total. The molecule has 32 heavy (non-hydrogen) atoms. The van der Waals surface area contributed by atoms with Crippen LogP contribution in [0.3, 0.4) is 0 Å². The monoisotopic (exact) mass is 454 g/mol. The van der Waals surface area contributed by atoms with Crippen molar-refractivity contribution in [1.82, 2.24) is 14.9 Å². The molecule has 170 valence electrons. The molecule has 9 heteroatoms. The molecule has 0 bridgehead atoms. The van der Waals surface area contributed by atoms with Crippen LogP contribution in [-0.2, 0) is 4.79 Å². The zero-order valence-electron chi connectivity index (χ0n) is 18.7. The smallest absolute Gasteiger partial charge is 0.238 e. The third-order valence-electron chi connectivity index (χ3n) is 5.66. The van der Waals surface area contributed by atoms with Gasteiger partial charge in [0.15, 0.2) is 0 Å². The first kappa shape index (κ1) is 22.4. The number of benzene rings is 1. The molecule has 1 amide bonds. The van der Waals surface area contributed by atoms with Gasteiger partial charge in [-0.25, -0.2) is 9.97 Å². The van der Waals surface area contributed by atoms with E-state index in [9.17, 15) is 4.79 Å². The number of nitrogens with two attached hydrogens (primary N) is 1. The first-order valence-corrected chi connectivity index (χ1v) is 11.8. The molecule has 1 aliphatic rings. The Morgan fingerprint density at radius 1 is 1.28 bits per heavy atom. The molecule has 3 aromatic rings. The van der Waals surface area contributed by atoms with Crippen LogP contribution in [0.25, 0.3) is 10.2 Å². The van der Waals surface area contributed by atoms with Crippen LogP contribution in [0, 0.1) is 6.92 Å². The van der Waals surface area contributed by atoms with Crippen LogP contribution in [0.5, 0.6) is 5.75 Å². The Balaban J connectivity index is 1.38. The van der Waals surface area contributed by atoms with Crippen LogP contribution < -0.4 is 20.7 Å². The van der Waals surface area contributed by atoms with Gasteiger partial charge < -0.3 is 20.7 Å². The second kappa shape index (κ2) is 9.81. The highest BCUT2D eigenvalue weighted by Crippen LogP contribution is 2.26. The number of carbonyl (C=O) groups excluding carboxylic acids is 1. The molecule has 2 atom stereocenters. The zero-order valence-corrected chi connectivity index (χ0v) is 19.6. The van der Waals surface area contributed by atoms with Gasteiger partial charge in [0, 0.05) is 55.1 Å². The molecule has 8 nitrogen and oxygen atoms in total. The lowest BCUT2D eigenvalue weighted by Gasteiger charge is -2.44. The second-order valence-corrected chi connectivity index (χ2v) is 9.21. The second-order valence-electron chi connectivity index (χ2n) is 8.31. The molecule has 2 aromatic heterocycles. The molecule has 0 aliphatic carbocycles. The van der Waals surface area contributed by atoms with E-state index in [4.69, 9.17) is 15.5 Å². The zero-order chi connectivity index (χ0) is 22.7. The lowest BCUT2D eigenvalue weighted by atomic mass is 10.1. The summed E-state index contributed by atoms with van der Waals surface area (Å²) in [5, 5.41) is 6.14. The van der Waals surface area contributed by atoms with Crippen molar-refractivity contribution in [1.29, 1.82) is 0 Å². The summed E-state index contributed by atoms with van der Waals surface area (Å²) < 4.78 is 5.58. The number of carbonyl (C=O) groups is 1. The molecule has 0 spiro atoms. The van der Waals surface area contributed by atoms with Crippen molar-refractivity contribution < 1.29 is 9.53 Å². The van der Waals surface area contributed by atoms with Crippen molar-refractivity contribution in [3.05, 3.63) is 41.4 Å². The maximum Gasteiger partial charge on any atom is 0.238 e. The topological polar surface area (TPSA) is 96.6 Å². The summed E-state index contributed by atoms with van der Waals surface area (Å²) in [5.74, 6) is 1.43. The fourth-order valence-corrected chi connectivity index (χ4v) is 4.96. The summed E-state index contributed by atoms with van der Waals surface area (Å²) in [7, 11) is 0. The molecule has 1 saturated heterocycles. The van der Waals surface area contributed by atoms with Gasteiger partial charge in [0.2, 0.25) is 11.9 Å². The van der Waals surface area contributed by atoms with E-state index in [0.29, 0.717) is 25.4 Å². The van der Waals surface area contributed by atoms with E-state index in [1.807, 2.05) is 42.8 Å². The number of amides is 1. The fraction of sp³-hybridized carbons (Fsp3) is 0.435. The summed E-state index contributed by atoms with van der Waals surface area (Å²) in [4.78, 5) is 27.6. The summed E-state index contributed by atoms with van der Waals surface area (Å²) in [6, 6.07) is 8.10. The summed E-state index contributed by atoms with van der Waals surface area (Å²) >= 11 is 1.63. The van der Waals surface area contributed by atoms with Crippen molar-refractivity contribution >= 4 is 39.1 Å². The van der Waals surface area contributed by atoms with Crippen molar-refractivity contribution in [3.63, 3.8) is 0 Å². The fourth-order valence-electron chi connectivity index (χ4n) is 4.22. The summed E-state index contributed by atoms with van der Waals surface area (Å²) in [6.07, 6.45) is 1.89. The number of fused-ring (bicyclic) bond motifs is 1. The van der Waals surface area contributed by atoms with Gasteiger partial charge in [0.25, 0.3) is 0 Å². The van der Waals surface area contributed by atoms with Gasteiger partial charge in [-0.3, -0.25) is 9.69 Å². The first-order valence-electron chi connectivity index (χ1n) is 10.9. The molecular formula is C23H30N6O2S. The van der Waals surface area contributed by atoms with E-state index in [1.54, 1.807) is 11.3 Å². The van der Waals surface area contributed by atoms with Crippen molar-refractivity contribution in [2.75, 3.05) is 43.0 Å². The molecule has 1 fully saturated rings. The Labute approximate surface area is 192 Å². The predicted octanol–water partition coefficient (Wildman–Crippen LogP) is 2.87. The number of thiophene rings is 1. The Morgan fingerprint density at radius 3 is 2.81 bits per heavy atom. The lowest BCUT2D eigenvalue weighted by molar-refractivity contribution is -0.117. The van der Waals surface area contributed by atoms with Gasteiger partial charge >= 0.3 is 0 Å². The Morgan fingerprint density at radius 2 is 2.06 bits per heavy atom. The average Bonchev–Trinajstić information content (AvgIpc) is 3.22. The number of piperazine rings is 1. The number of ether oxygens (including phenoxy) is 1. The molecule has 0 saturated carbocycles. The molecule has 0 radical (unpaired) electrons. The van der Waals surface area contributed by atoms with E-state index >= 15 is 0 Å². The van der Waals surface area contributed by atoms with Gasteiger partial charge in [-0.15, -0.1) is 11.3 Å². The number of hydrogen-bond donors (Lipinski definition) is 2. The number of aryl methyl sites for hydroxylation is 1. The third kappa shape index (κ3) is 5.01. The number of nitrogens with one attached hydrogen (secondary N) is 1. The number of hydrogen-bond acceptors (Lipinski definition) is 8. The summed E-state index contributed by atoms with van der Waals surface area (Å²) in [5.41, 5.74) is 7.26. The minimum absolute atomic E-state index is 0.0341. The van der Waals surface area contributed by atoms with Crippen molar-refractivity contribution in [2.24, 2.45) is 5.73 Å². The quantitative estimate of drug-likeness (QED) is 0.567. The maximum absolute atomic E-state index is 12.8. The van der Waals surface area contributed by atoms with E-state index in [2.05, 4.69) is 33.9 Å². The highest BCUT2D eigenvalue weighted by molar-refractivity contribution is 7.16. The third-order valence-corrected chi connectivity index (χ3v) is 6.48. The van der Waals surface area contributed by atoms with Crippen LogP contribution in [0.15, 0.2) is 35.8 Å². The molecule has 1 aromatic carbocycles. The number of aromatic nitrogens is 2. The van der Waals surface area contributed by atoms with Gasteiger partial charge in [-0.2, -0.15) is 0 Å². The average molecular weight is 455 g/mol.